The Kier molecular flexibility index (Phi) is 6.64. The highest BCUT2D eigenvalue weighted by Crippen LogP contribution is 2.34. The smallest absolute Gasteiger partial charge is 0.241 e. The van der Waals surface area contributed by atoms with E-state index in [1.54, 1.807) is 23.1 Å². The van der Waals surface area contributed by atoms with E-state index >= 15 is 0 Å². The maximum absolute atomic E-state index is 13.4. The van der Waals surface area contributed by atoms with Crippen molar-refractivity contribution in [3.8, 4) is 0 Å². The standard InChI is InChI=1S/C25H23ClN4OS2/c1-16-28-21-12-19(8-9-23(21)32-16)29-25(31)22-13-20(33-24-7-2-3-10-27-24)15-30(22)14-17-5-4-6-18(26)11-17/h2-12,20,22H,13-15H2,1H3,(H,29,31)/t20-,22-/m0/s1. The molecular formula is C25H23ClN4OS2. The molecule has 1 N–H and O–H groups in total. The molecule has 168 valence electrons. The highest BCUT2D eigenvalue weighted by molar-refractivity contribution is 7.99. The summed E-state index contributed by atoms with van der Waals surface area (Å²) in [5.74, 6) is 0.00690. The van der Waals surface area contributed by atoms with Gasteiger partial charge in [0.1, 0.15) is 0 Å². The first-order valence-corrected chi connectivity index (χ1v) is 12.9. The number of thioether (sulfide) groups is 1. The summed E-state index contributed by atoms with van der Waals surface area (Å²) in [5, 5.41) is 6.12. The first-order chi connectivity index (χ1) is 16.0. The van der Waals surface area contributed by atoms with Crippen LogP contribution in [0.15, 0.2) is 71.9 Å². The zero-order valence-electron chi connectivity index (χ0n) is 18.1. The van der Waals surface area contributed by atoms with Crippen LogP contribution in [0, 0.1) is 6.92 Å². The van der Waals surface area contributed by atoms with Gasteiger partial charge in [-0.2, -0.15) is 0 Å². The van der Waals surface area contributed by atoms with Gasteiger partial charge in [-0.1, -0.05) is 29.8 Å². The number of halogens is 1. The number of carbonyl (C=O) groups excluding carboxylic acids is 1. The number of nitrogens with one attached hydrogen (secondary N) is 1. The molecule has 0 radical (unpaired) electrons. The molecule has 3 heterocycles. The molecular weight excluding hydrogens is 472 g/mol. The van der Waals surface area contributed by atoms with Crippen LogP contribution in [-0.4, -0.2) is 38.6 Å². The van der Waals surface area contributed by atoms with Gasteiger partial charge in [0.25, 0.3) is 0 Å². The topological polar surface area (TPSA) is 58.1 Å². The van der Waals surface area contributed by atoms with Gasteiger partial charge in [0.05, 0.1) is 26.3 Å². The van der Waals surface area contributed by atoms with E-state index in [0.717, 1.165) is 44.5 Å². The van der Waals surface area contributed by atoms with Gasteiger partial charge in [0, 0.05) is 35.2 Å². The number of rotatable bonds is 6. The lowest BCUT2D eigenvalue weighted by molar-refractivity contribution is -0.120. The molecule has 0 spiro atoms. The molecule has 33 heavy (non-hydrogen) atoms. The summed E-state index contributed by atoms with van der Waals surface area (Å²) in [6.07, 6.45) is 2.56. The van der Waals surface area contributed by atoms with Gasteiger partial charge in [-0.25, -0.2) is 9.97 Å². The van der Waals surface area contributed by atoms with Crippen molar-refractivity contribution in [2.75, 3.05) is 11.9 Å². The van der Waals surface area contributed by atoms with Crippen LogP contribution in [0.2, 0.25) is 5.02 Å². The van der Waals surface area contributed by atoms with E-state index in [-0.39, 0.29) is 17.2 Å². The fourth-order valence-corrected chi connectivity index (χ4v) is 6.38. The van der Waals surface area contributed by atoms with Crippen molar-refractivity contribution in [3.05, 3.63) is 82.5 Å². The number of carbonyl (C=O) groups is 1. The van der Waals surface area contributed by atoms with Crippen LogP contribution < -0.4 is 5.32 Å². The van der Waals surface area contributed by atoms with E-state index in [4.69, 9.17) is 11.6 Å². The molecule has 1 amide bonds. The Morgan fingerprint density at radius 3 is 2.94 bits per heavy atom. The summed E-state index contributed by atoms with van der Waals surface area (Å²) in [6, 6.07) is 19.5. The highest BCUT2D eigenvalue weighted by Gasteiger charge is 2.37. The third kappa shape index (κ3) is 5.38. The van der Waals surface area contributed by atoms with Gasteiger partial charge in [-0.3, -0.25) is 9.69 Å². The molecule has 0 bridgehead atoms. The number of fused-ring (bicyclic) bond motifs is 1. The number of anilines is 1. The van der Waals surface area contributed by atoms with Gasteiger partial charge in [0.15, 0.2) is 0 Å². The van der Waals surface area contributed by atoms with Crippen LogP contribution in [0.1, 0.15) is 17.0 Å². The van der Waals surface area contributed by atoms with E-state index in [9.17, 15) is 4.79 Å². The molecule has 8 heteroatoms. The van der Waals surface area contributed by atoms with Crippen LogP contribution in [0.3, 0.4) is 0 Å². The SMILES string of the molecule is Cc1nc2cc(NC(=O)[C@@H]3C[C@H](Sc4ccccn4)CN3Cc3cccc(Cl)c3)ccc2s1. The van der Waals surface area contributed by atoms with Gasteiger partial charge in [0.2, 0.25) is 5.91 Å². The summed E-state index contributed by atoms with van der Waals surface area (Å²) < 4.78 is 1.13. The van der Waals surface area contributed by atoms with Gasteiger partial charge in [-0.15, -0.1) is 23.1 Å². The number of nitrogens with zero attached hydrogens (tertiary/aromatic N) is 3. The first-order valence-electron chi connectivity index (χ1n) is 10.8. The van der Waals surface area contributed by atoms with E-state index in [2.05, 4.69) is 26.3 Å². The second kappa shape index (κ2) is 9.81. The van der Waals surface area contributed by atoms with Gasteiger partial charge >= 0.3 is 0 Å². The Bertz CT molecular complexity index is 1280. The Labute approximate surface area is 206 Å². The number of benzene rings is 2. The van der Waals surface area contributed by atoms with Crippen LogP contribution >= 0.6 is 34.7 Å². The van der Waals surface area contributed by atoms with Crippen molar-refractivity contribution in [1.29, 1.82) is 0 Å². The largest absolute Gasteiger partial charge is 0.325 e. The predicted molar refractivity (Wildman–Crippen MR) is 137 cm³/mol. The molecule has 5 nitrogen and oxygen atoms in total. The van der Waals surface area contributed by atoms with Gasteiger partial charge < -0.3 is 5.32 Å². The van der Waals surface area contributed by atoms with E-state index in [1.165, 1.54) is 0 Å². The number of hydrogen-bond donors (Lipinski definition) is 1. The molecule has 2 aromatic heterocycles. The van der Waals surface area contributed by atoms with Crippen molar-refractivity contribution in [1.82, 2.24) is 14.9 Å². The molecule has 0 aliphatic carbocycles. The van der Waals surface area contributed by atoms with Crippen molar-refractivity contribution >= 4 is 56.5 Å². The average Bonchev–Trinajstić information content (AvgIpc) is 3.36. The zero-order valence-corrected chi connectivity index (χ0v) is 20.5. The lowest BCUT2D eigenvalue weighted by Crippen LogP contribution is -2.39. The number of hydrogen-bond acceptors (Lipinski definition) is 6. The van der Waals surface area contributed by atoms with Crippen LogP contribution in [0.5, 0.6) is 0 Å². The third-order valence-corrected chi connectivity index (χ3v) is 7.97. The number of aromatic nitrogens is 2. The fraction of sp³-hybridized carbons (Fsp3) is 0.240. The molecule has 2 atom stereocenters. The maximum Gasteiger partial charge on any atom is 0.241 e. The Hall–Kier alpha value is -2.45. The molecule has 1 saturated heterocycles. The third-order valence-electron chi connectivity index (χ3n) is 5.63. The molecule has 0 unspecified atom stereocenters. The Morgan fingerprint density at radius 2 is 2.12 bits per heavy atom. The quantitative estimate of drug-likeness (QED) is 0.355. The lowest BCUT2D eigenvalue weighted by atomic mass is 10.1. The van der Waals surface area contributed by atoms with Crippen LogP contribution in [0.4, 0.5) is 5.69 Å². The summed E-state index contributed by atoms with van der Waals surface area (Å²) in [6.45, 7) is 3.47. The fourth-order valence-electron chi connectivity index (χ4n) is 4.20. The van der Waals surface area contributed by atoms with Crippen molar-refractivity contribution in [3.63, 3.8) is 0 Å². The molecule has 1 fully saturated rings. The summed E-state index contributed by atoms with van der Waals surface area (Å²) in [7, 11) is 0. The Morgan fingerprint density at radius 1 is 1.21 bits per heavy atom. The van der Waals surface area contributed by atoms with E-state index in [1.807, 2.05) is 67.7 Å². The minimum absolute atomic E-state index is 0.00690. The number of likely N-dealkylation sites (tertiary alicyclic amines) is 1. The zero-order chi connectivity index (χ0) is 22.8. The Balaban J connectivity index is 1.35. The molecule has 0 saturated carbocycles. The minimum atomic E-state index is -0.238. The van der Waals surface area contributed by atoms with E-state index in [0.29, 0.717) is 11.6 Å². The number of pyridine rings is 1. The minimum Gasteiger partial charge on any atom is -0.325 e. The second-order valence-electron chi connectivity index (χ2n) is 8.12. The number of aryl methyl sites for hydroxylation is 1. The van der Waals surface area contributed by atoms with Gasteiger partial charge in [-0.05, 0) is 61.4 Å². The first kappa shape index (κ1) is 22.3. The number of thiazole rings is 1. The maximum atomic E-state index is 13.4. The van der Waals surface area contributed by atoms with Crippen LogP contribution in [-0.2, 0) is 11.3 Å². The molecule has 4 aromatic rings. The molecule has 5 rings (SSSR count). The second-order valence-corrected chi connectivity index (χ2v) is 11.1. The molecule has 1 aliphatic rings. The summed E-state index contributed by atoms with van der Waals surface area (Å²) >= 11 is 9.60. The monoisotopic (exact) mass is 494 g/mol. The number of amides is 1. The average molecular weight is 495 g/mol. The van der Waals surface area contributed by atoms with Crippen molar-refractivity contribution in [2.45, 2.75) is 36.2 Å². The molecule has 1 aliphatic heterocycles. The normalized spacial score (nSPS) is 18.6. The lowest BCUT2D eigenvalue weighted by Gasteiger charge is -2.23. The van der Waals surface area contributed by atoms with E-state index < -0.39 is 0 Å². The molecule has 2 aromatic carbocycles. The predicted octanol–water partition coefficient (Wildman–Crippen LogP) is 6.03. The summed E-state index contributed by atoms with van der Waals surface area (Å²) in [5.41, 5.74) is 2.80. The highest BCUT2D eigenvalue weighted by atomic mass is 35.5. The van der Waals surface area contributed by atoms with Crippen molar-refractivity contribution in [2.24, 2.45) is 0 Å². The summed E-state index contributed by atoms with van der Waals surface area (Å²) in [4.78, 5) is 24.6. The van der Waals surface area contributed by atoms with Crippen LogP contribution in [0.25, 0.3) is 10.2 Å². The van der Waals surface area contributed by atoms with Crippen molar-refractivity contribution < 1.29 is 4.79 Å².